The van der Waals surface area contributed by atoms with Crippen molar-refractivity contribution in [2.24, 2.45) is 0 Å². The first kappa shape index (κ1) is 25.1. The SMILES string of the molecule is Cc1cc(C(C)C)cc(C)c1NC(=O)c1cccc(N(C)C(=O)c2cccc(C#N)c2)c1[N+](=O)[O-]. The standard InChI is InChI=1S/C27H26N4O4/c1-16(2)21-12-17(3)24(18(4)13-21)29-26(32)22-10-7-11-23(25(22)31(34)35)30(5)27(33)20-9-6-8-19(14-20)15-28/h6-14,16H,1-5H3,(H,29,32). The minimum atomic E-state index is -0.665. The van der Waals surface area contributed by atoms with E-state index in [-0.39, 0.29) is 16.8 Å². The van der Waals surface area contributed by atoms with E-state index in [2.05, 4.69) is 19.2 Å². The molecular weight excluding hydrogens is 444 g/mol. The summed E-state index contributed by atoms with van der Waals surface area (Å²) in [6.45, 7) is 7.91. The summed E-state index contributed by atoms with van der Waals surface area (Å²) in [5.74, 6) is -0.870. The molecule has 8 heteroatoms. The van der Waals surface area contributed by atoms with E-state index in [0.29, 0.717) is 17.2 Å². The third-order valence-electron chi connectivity index (χ3n) is 5.81. The summed E-state index contributed by atoms with van der Waals surface area (Å²) >= 11 is 0. The monoisotopic (exact) mass is 470 g/mol. The van der Waals surface area contributed by atoms with Crippen LogP contribution in [-0.4, -0.2) is 23.8 Å². The molecule has 0 fully saturated rings. The van der Waals surface area contributed by atoms with Crippen LogP contribution in [0.25, 0.3) is 0 Å². The van der Waals surface area contributed by atoms with Crippen molar-refractivity contribution < 1.29 is 14.5 Å². The molecule has 3 aromatic carbocycles. The van der Waals surface area contributed by atoms with Gasteiger partial charge in [-0.15, -0.1) is 0 Å². The molecule has 0 saturated heterocycles. The van der Waals surface area contributed by atoms with Gasteiger partial charge in [0.25, 0.3) is 11.8 Å². The van der Waals surface area contributed by atoms with Gasteiger partial charge in [0, 0.05) is 18.3 Å². The molecule has 0 saturated carbocycles. The largest absolute Gasteiger partial charge is 0.321 e. The number of benzene rings is 3. The molecule has 3 rings (SSSR count). The maximum Gasteiger partial charge on any atom is 0.305 e. The molecule has 0 aliphatic heterocycles. The Morgan fingerprint density at radius 1 is 1.06 bits per heavy atom. The number of nitriles is 1. The highest BCUT2D eigenvalue weighted by Crippen LogP contribution is 2.34. The molecule has 3 aromatic rings. The van der Waals surface area contributed by atoms with Crippen LogP contribution in [0, 0.1) is 35.3 Å². The number of carbonyl (C=O) groups excluding carboxylic acids is 2. The van der Waals surface area contributed by atoms with Crippen molar-refractivity contribution >= 4 is 28.9 Å². The number of hydrogen-bond acceptors (Lipinski definition) is 5. The summed E-state index contributed by atoms with van der Waals surface area (Å²) in [5.41, 5.74) is 3.25. The Bertz CT molecular complexity index is 1350. The van der Waals surface area contributed by atoms with Crippen molar-refractivity contribution in [1.29, 1.82) is 5.26 Å². The van der Waals surface area contributed by atoms with Crippen LogP contribution in [0.15, 0.2) is 54.6 Å². The van der Waals surface area contributed by atoms with E-state index in [4.69, 9.17) is 5.26 Å². The average molecular weight is 471 g/mol. The zero-order valence-electron chi connectivity index (χ0n) is 20.2. The number of hydrogen-bond donors (Lipinski definition) is 1. The highest BCUT2D eigenvalue weighted by Gasteiger charge is 2.29. The van der Waals surface area contributed by atoms with E-state index in [1.54, 1.807) is 12.1 Å². The molecule has 178 valence electrons. The molecule has 0 heterocycles. The van der Waals surface area contributed by atoms with E-state index >= 15 is 0 Å². The molecule has 0 aliphatic rings. The predicted octanol–water partition coefficient (Wildman–Crippen LogP) is 5.74. The van der Waals surface area contributed by atoms with Crippen LogP contribution in [-0.2, 0) is 0 Å². The van der Waals surface area contributed by atoms with Crippen molar-refractivity contribution in [2.75, 3.05) is 17.3 Å². The van der Waals surface area contributed by atoms with Crippen LogP contribution in [0.2, 0.25) is 0 Å². The van der Waals surface area contributed by atoms with Gasteiger partial charge in [-0.3, -0.25) is 19.7 Å². The van der Waals surface area contributed by atoms with Gasteiger partial charge in [-0.1, -0.05) is 38.1 Å². The number of rotatable bonds is 6. The quantitative estimate of drug-likeness (QED) is 0.364. The first-order chi connectivity index (χ1) is 16.5. The lowest BCUT2D eigenvalue weighted by atomic mass is 9.96. The third-order valence-corrected chi connectivity index (χ3v) is 5.81. The maximum atomic E-state index is 13.2. The van der Waals surface area contributed by atoms with Gasteiger partial charge in [0.15, 0.2) is 0 Å². The highest BCUT2D eigenvalue weighted by atomic mass is 16.6. The second kappa shape index (κ2) is 10.2. The summed E-state index contributed by atoms with van der Waals surface area (Å²) in [6, 6.07) is 16.3. The minimum absolute atomic E-state index is 0.0291. The average Bonchev–Trinajstić information content (AvgIpc) is 2.84. The van der Waals surface area contributed by atoms with E-state index in [0.717, 1.165) is 21.6 Å². The Kier molecular flexibility index (Phi) is 7.31. The van der Waals surface area contributed by atoms with Crippen molar-refractivity contribution in [3.05, 3.63) is 98.1 Å². The molecule has 0 spiro atoms. The van der Waals surface area contributed by atoms with E-state index in [1.807, 2.05) is 32.0 Å². The summed E-state index contributed by atoms with van der Waals surface area (Å²) in [7, 11) is 1.39. The Balaban J connectivity index is 2.01. The Hall–Kier alpha value is -4.51. The lowest BCUT2D eigenvalue weighted by Crippen LogP contribution is -2.28. The van der Waals surface area contributed by atoms with Gasteiger partial charge in [0.2, 0.25) is 0 Å². The van der Waals surface area contributed by atoms with E-state index < -0.39 is 22.4 Å². The van der Waals surface area contributed by atoms with E-state index in [9.17, 15) is 19.7 Å². The molecule has 2 amide bonds. The second-order valence-electron chi connectivity index (χ2n) is 8.63. The molecule has 1 N–H and O–H groups in total. The Labute approximate surface area is 204 Å². The van der Waals surface area contributed by atoms with Crippen LogP contribution < -0.4 is 10.2 Å². The third kappa shape index (κ3) is 5.20. The summed E-state index contributed by atoms with van der Waals surface area (Å²) in [6.07, 6.45) is 0. The van der Waals surface area contributed by atoms with Crippen molar-refractivity contribution in [1.82, 2.24) is 0 Å². The lowest BCUT2D eigenvalue weighted by molar-refractivity contribution is -0.384. The van der Waals surface area contributed by atoms with Gasteiger partial charge < -0.3 is 10.2 Å². The number of nitro benzene ring substituents is 1. The van der Waals surface area contributed by atoms with E-state index in [1.165, 1.54) is 37.4 Å². The van der Waals surface area contributed by atoms with Crippen molar-refractivity contribution in [2.45, 2.75) is 33.6 Å². The van der Waals surface area contributed by atoms with Crippen molar-refractivity contribution in [3.63, 3.8) is 0 Å². The first-order valence-electron chi connectivity index (χ1n) is 11.0. The molecule has 35 heavy (non-hydrogen) atoms. The highest BCUT2D eigenvalue weighted by molar-refractivity contribution is 6.12. The number of amides is 2. The molecule has 0 radical (unpaired) electrons. The van der Waals surface area contributed by atoms with Gasteiger partial charge in [-0.05, 0) is 66.8 Å². The number of nitrogens with one attached hydrogen (secondary N) is 1. The van der Waals surface area contributed by atoms with Gasteiger partial charge in [0.1, 0.15) is 11.3 Å². The molecule has 0 aliphatic carbocycles. The number of nitrogens with zero attached hydrogens (tertiary/aromatic N) is 3. The number of para-hydroxylation sites is 1. The Morgan fingerprint density at radius 2 is 1.69 bits per heavy atom. The molecule has 0 aromatic heterocycles. The maximum absolute atomic E-state index is 13.2. The predicted molar refractivity (Wildman–Crippen MR) is 135 cm³/mol. The van der Waals surface area contributed by atoms with Gasteiger partial charge in [0.05, 0.1) is 16.6 Å². The van der Waals surface area contributed by atoms with Gasteiger partial charge in [-0.25, -0.2) is 0 Å². The Morgan fingerprint density at radius 3 is 2.26 bits per heavy atom. The van der Waals surface area contributed by atoms with Crippen LogP contribution in [0.4, 0.5) is 17.1 Å². The zero-order chi connectivity index (χ0) is 25.9. The van der Waals surface area contributed by atoms with Crippen molar-refractivity contribution in [3.8, 4) is 6.07 Å². The molecule has 0 unspecified atom stereocenters. The van der Waals surface area contributed by atoms with Gasteiger partial charge in [-0.2, -0.15) is 5.26 Å². The molecule has 8 nitrogen and oxygen atoms in total. The lowest BCUT2D eigenvalue weighted by Gasteiger charge is -2.19. The minimum Gasteiger partial charge on any atom is -0.321 e. The number of nitro groups is 1. The molecule has 0 atom stereocenters. The summed E-state index contributed by atoms with van der Waals surface area (Å²) in [4.78, 5) is 38.7. The summed E-state index contributed by atoms with van der Waals surface area (Å²) < 4.78 is 0. The van der Waals surface area contributed by atoms with Crippen LogP contribution >= 0.6 is 0 Å². The number of aryl methyl sites for hydroxylation is 2. The topological polar surface area (TPSA) is 116 Å². The zero-order valence-corrected chi connectivity index (χ0v) is 20.2. The fourth-order valence-corrected chi connectivity index (χ4v) is 3.91. The number of carbonyl (C=O) groups is 2. The first-order valence-corrected chi connectivity index (χ1v) is 11.0. The fourth-order valence-electron chi connectivity index (χ4n) is 3.91. The van der Waals surface area contributed by atoms with Crippen LogP contribution in [0.1, 0.15) is 62.7 Å². The summed E-state index contributed by atoms with van der Waals surface area (Å²) in [5, 5.41) is 24.0. The molecule has 0 bridgehead atoms. The second-order valence-corrected chi connectivity index (χ2v) is 8.63. The molecular formula is C27H26N4O4. The smallest absolute Gasteiger partial charge is 0.305 e. The van der Waals surface area contributed by atoms with Crippen LogP contribution in [0.5, 0.6) is 0 Å². The fraction of sp³-hybridized carbons (Fsp3) is 0.222. The number of anilines is 2. The van der Waals surface area contributed by atoms with Gasteiger partial charge >= 0.3 is 5.69 Å². The van der Waals surface area contributed by atoms with Crippen LogP contribution in [0.3, 0.4) is 0 Å². The normalized spacial score (nSPS) is 10.5.